The van der Waals surface area contributed by atoms with Crippen LogP contribution in [0.3, 0.4) is 0 Å². The molecule has 3 aromatic heterocycles. The average molecular weight is 571 g/mol. The SMILES string of the molecule is Cc1cc([C@@H](C)Nc2ccc(Cl)nc2C(=O)NS(C)(=O)=O)c2oc(-c3ccn4c3COCC4)c(C)c(=O)c2c1. The molecule has 1 aliphatic heterocycles. The van der Waals surface area contributed by atoms with E-state index in [4.69, 9.17) is 20.8 Å². The monoisotopic (exact) mass is 570 g/mol. The quantitative estimate of drug-likeness (QED) is 0.328. The number of rotatable bonds is 6. The Hall–Kier alpha value is -3.67. The lowest BCUT2D eigenvalue weighted by Gasteiger charge is -2.21. The molecule has 1 aromatic carbocycles. The van der Waals surface area contributed by atoms with Crippen molar-refractivity contribution in [1.29, 1.82) is 0 Å². The second-order valence-electron chi connectivity index (χ2n) is 9.64. The first-order chi connectivity index (χ1) is 18.4. The summed E-state index contributed by atoms with van der Waals surface area (Å²) in [6, 6.07) is 8.18. The van der Waals surface area contributed by atoms with Crippen molar-refractivity contribution in [3.05, 3.63) is 80.0 Å². The number of sulfonamides is 1. The summed E-state index contributed by atoms with van der Waals surface area (Å²) in [4.78, 5) is 30.3. The molecule has 5 rings (SSSR count). The molecule has 1 aliphatic rings. The number of nitrogens with zero attached hydrogens (tertiary/aromatic N) is 2. The van der Waals surface area contributed by atoms with Crippen molar-refractivity contribution in [2.24, 2.45) is 0 Å². The topological polar surface area (TPSA) is 133 Å². The Morgan fingerprint density at radius 3 is 2.72 bits per heavy atom. The van der Waals surface area contributed by atoms with Gasteiger partial charge in [-0.25, -0.2) is 18.1 Å². The molecule has 0 unspecified atom stereocenters. The lowest BCUT2D eigenvalue weighted by molar-refractivity contribution is 0.0853. The Morgan fingerprint density at radius 1 is 1.21 bits per heavy atom. The van der Waals surface area contributed by atoms with E-state index in [2.05, 4.69) is 14.9 Å². The molecule has 0 fully saturated rings. The molecule has 39 heavy (non-hydrogen) atoms. The summed E-state index contributed by atoms with van der Waals surface area (Å²) in [6.07, 6.45) is 2.84. The van der Waals surface area contributed by atoms with Gasteiger partial charge in [0.1, 0.15) is 16.5 Å². The van der Waals surface area contributed by atoms with Gasteiger partial charge in [-0.1, -0.05) is 17.7 Å². The largest absolute Gasteiger partial charge is 0.455 e. The molecule has 0 spiro atoms. The van der Waals surface area contributed by atoms with Crippen LogP contribution in [0.25, 0.3) is 22.3 Å². The first kappa shape index (κ1) is 26.9. The maximum Gasteiger partial charge on any atom is 0.285 e. The third-order valence-corrected chi connectivity index (χ3v) is 7.39. The van der Waals surface area contributed by atoms with Gasteiger partial charge in [-0.2, -0.15) is 0 Å². The molecular formula is C27H27ClN4O6S. The third kappa shape index (κ3) is 5.29. The van der Waals surface area contributed by atoms with E-state index in [0.29, 0.717) is 41.1 Å². The molecule has 10 nitrogen and oxygen atoms in total. The molecule has 2 N–H and O–H groups in total. The van der Waals surface area contributed by atoms with E-state index < -0.39 is 22.0 Å². The highest BCUT2D eigenvalue weighted by atomic mass is 35.5. The minimum absolute atomic E-state index is 0.0267. The zero-order chi connectivity index (χ0) is 28.1. The molecule has 204 valence electrons. The van der Waals surface area contributed by atoms with Crippen molar-refractivity contribution in [3.8, 4) is 11.3 Å². The number of nitrogens with one attached hydrogen (secondary N) is 2. The Balaban J connectivity index is 1.62. The number of aryl methyl sites for hydroxylation is 1. The molecule has 0 saturated heterocycles. The number of amides is 1. The van der Waals surface area contributed by atoms with Gasteiger partial charge < -0.3 is 19.0 Å². The second-order valence-corrected chi connectivity index (χ2v) is 11.8. The zero-order valence-corrected chi connectivity index (χ0v) is 23.4. The molecule has 0 saturated carbocycles. The number of carbonyl (C=O) groups is 1. The number of hydrogen-bond donors (Lipinski definition) is 2. The third-order valence-electron chi connectivity index (χ3n) is 6.62. The van der Waals surface area contributed by atoms with Crippen LogP contribution in [0, 0.1) is 13.8 Å². The number of anilines is 1. The van der Waals surface area contributed by atoms with Gasteiger partial charge in [0.2, 0.25) is 10.0 Å². The highest BCUT2D eigenvalue weighted by molar-refractivity contribution is 7.89. The van der Waals surface area contributed by atoms with E-state index in [1.54, 1.807) is 19.1 Å². The standard InChI is InChI=1S/C27H27ClN4O6S/c1-14-11-18(16(3)29-20-5-6-22(28)30-23(20)27(34)31-39(4,35)36)26-19(12-14)24(33)15(2)25(38-26)17-7-8-32-9-10-37-13-21(17)32/h5-8,11-12,16,29H,9-10,13H2,1-4H3,(H,31,34)/t16-/m1/s1. The normalized spacial score (nSPS) is 14.2. The van der Waals surface area contributed by atoms with Crippen LogP contribution >= 0.6 is 11.6 Å². The fourth-order valence-corrected chi connectivity index (χ4v) is 5.39. The molecule has 0 bridgehead atoms. The van der Waals surface area contributed by atoms with Crippen molar-refractivity contribution in [3.63, 3.8) is 0 Å². The van der Waals surface area contributed by atoms with Gasteiger partial charge in [0.15, 0.2) is 11.1 Å². The van der Waals surface area contributed by atoms with Crippen LogP contribution in [0.1, 0.15) is 45.8 Å². The van der Waals surface area contributed by atoms with Gasteiger partial charge in [-0.3, -0.25) is 9.59 Å². The molecule has 4 heterocycles. The summed E-state index contributed by atoms with van der Waals surface area (Å²) in [5.74, 6) is -0.445. The second kappa shape index (κ2) is 10.1. The smallest absolute Gasteiger partial charge is 0.285 e. The molecule has 0 aliphatic carbocycles. The van der Waals surface area contributed by atoms with E-state index in [9.17, 15) is 18.0 Å². The number of aromatic nitrogens is 2. The highest BCUT2D eigenvalue weighted by Gasteiger charge is 2.24. The van der Waals surface area contributed by atoms with Crippen LogP contribution in [-0.2, 0) is 27.9 Å². The van der Waals surface area contributed by atoms with Crippen molar-refractivity contribution in [2.45, 2.75) is 40.0 Å². The Labute approximate surface area is 230 Å². The predicted octanol–water partition coefficient (Wildman–Crippen LogP) is 4.32. The highest BCUT2D eigenvalue weighted by Crippen LogP contribution is 2.35. The summed E-state index contributed by atoms with van der Waals surface area (Å²) >= 11 is 6.00. The first-order valence-electron chi connectivity index (χ1n) is 12.2. The van der Waals surface area contributed by atoms with Crippen molar-refractivity contribution < 1.29 is 22.4 Å². The van der Waals surface area contributed by atoms with Crippen molar-refractivity contribution in [1.82, 2.24) is 14.3 Å². The number of ether oxygens (including phenoxy) is 1. The molecule has 12 heteroatoms. The molecular weight excluding hydrogens is 544 g/mol. The lowest BCUT2D eigenvalue weighted by Crippen LogP contribution is -2.31. The fraction of sp³-hybridized carbons (Fsp3) is 0.296. The number of fused-ring (bicyclic) bond motifs is 2. The average Bonchev–Trinajstić information content (AvgIpc) is 3.30. The number of carbonyl (C=O) groups excluding carboxylic acids is 1. The van der Waals surface area contributed by atoms with E-state index in [1.165, 1.54) is 6.07 Å². The van der Waals surface area contributed by atoms with Gasteiger partial charge in [0.05, 0.1) is 42.3 Å². The van der Waals surface area contributed by atoms with Crippen LogP contribution in [0.15, 0.2) is 45.7 Å². The van der Waals surface area contributed by atoms with Crippen LogP contribution in [0.2, 0.25) is 5.15 Å². The summed E-state index contributed by atoms with van der Waals surface area (Å²) in [6.45, 7) is 7.25. The van der Waals surface area contributed by atoms with Crippen LogP contribution in [-0.4, -0.2) is 36.7 Å². The summed E-state index contributed by atoms with van der Waals surface area (Å²) < 4.78 is 39.5. The van der Waals surface area contributed by atoms with Gasteiger partial charge in [0.25, 0.3) is 5.91 Å². The molecule has 1 atom stereocenters. The van der Waals surface area contributed by atoms with E-state index in [1.807, 2.05) is 36.9 Å². The van der Waals surface area contributed by atoms with Crippen LogP contribution < -0.4 is 15.5 Å². The summed E-state index contributed by atoms with van der Waals surface area (Å²) in [5.41, 5.74) is 4.13. The maximum atomic E-state index is 13.6. The Kier molecular flexibility index (Phi) is 7.00. The molecule has 0 radical (unpaired) electrons. The summed E-state index contributed by atoms with van der Waals surface area (Å²) in [7, 11) is -3.83. The Bertz CT molecular complexity index is 1790. The minimum Gasteiger partial charge on any atom is -0.455 e. The van der Waals surface area contributed by atoms with Gasteiger partial charge >= 0.3 is 0 Å². The van der Waals surface area contributed by atoms with Crippen LogP contribution in [0.5, 0.6) is 0 Å². The molecule has 1 amide bonds. The van der Waals surface area contributed by atoms with Crippen LogP contribution in [0.4, 0.5) is 5.69 Å². The van der Waals surface area contributed by atoms with Crippen molar-refractivity contribution in [2.75, 3.05) is 18.2 Å². The van der Waals surface area contributed by atoms with E-state index in [0.717, 1.165) is 29.6 Å². The maximum absolute atomic E-state index is 13.6. The number of hydrogen-bond acceptors (Lipinski definition) is 8. The molecule has 4 aromatic rings. The van der Waals surface area contributed by atoms with Gasteiger partial charge in [0, 0.05) is 29.4 Å². The van der Waals surface area contributed by atoms with Gasteiger partial charge in [-0.05, 0) is 50.6 Å². The Morgan fingerprint density at radius 2 is 1.97 bits per heavy atom. The van der Waals surface area contributed by atoms with E-state index >= 15 is 0 Å². The number of halogens is 1. The van der Waals surface area contributed by atoms with E-state index in [-0.39, 0.29) is 22.0 Å². The minimum atomic E-state index is -3.83. The van der Waals surface area contributed by atoms with Gasteiger partial charge in [-0.15, -0.1) is 0 Å². The number of benzene rings is 1. The number of pyridine rings is 1. The summed E-state index contributed by atoms with van der Waals surface area (Å²) in [5, 5.41) is 3.68. The predicted molar refractivity (Wildman–Crippen MR) is 149 cm³/mol. The zero-order valence-electron chi connectivity index (χ0n) is 21.8. The fourth-order valence-electron chi connectivity index (χ4n) is 4.81. The lowest BCUT2D eigenvalue weighted by atomic mass is 9.98. The van der Waals surface area contributed by atoms with Crippen molar-refractivity contribution >= 4 is 44.2 Å². The first-order valence-corrected chi connectivity index (χ1v) is 14.5.